The Hall–Kier alpha value is -0.860. The number of aliphatic hydroxyl groups excluding tert-OH is 1. The molecule has 46 valence electrons. The third kappa shape index (κ3) is 0.857. The fourth-order valence-corrected chi connectivity index (χ4v) is 0.492. The summed E-state index contributed by atoms with van der Waals surface area (Å²) in [6.45, 7) is 3.43. The van der Waals surface area contributed by atoms with E-state index < -0.39 is 5.79 Å². The largest absolute Gasteiger partial charge is 0.479 e. The summed E-state index contributed by atoms with van der Waals surface area (Å²) in [5, 5.41) is 8.58. The third-order valence-electron chi connectivity index (χ3n) is 0.794. The minimum Gasteiger partial charge on any atom is -0.479 e. The monoisotopic (exact) mass is 116 g/mol. The summed E-state index contributed by atoms with van der Waals surface area (Å²) in [7, 11) is 0. The lowest BCUT2D eigenvalue weighted by atomic mass is 10.4. The predicted molar refractivity (Wildman–Crippen MR) is 27.0 cm³/mol. The Morgan fingerprint density at radius 2 is 2.25 bits per heavy atom. The molecule has 0 atom stereocenters. The minimum atomic E-state index is -0.677. The molecule has 0 radical (unpaired) electrons. The van der Waals surface area contributed by atoms with Crippen molar-refractivity contribution in [2.24, 2.45) is 0 Å². The Morgan fingerprint density at radius 3 is 2.38 bits per heavy atom. The van der Waals surface area contributed by atoms with E-state index >= 15 is 0 Å². The number of ether oxygens (including phenoxy) is 2. The summed E-state index contributed by atoms with van der Waals surface area (Å²) < 4.78 is 9.56. The first-order chi connectivity index (χ1) is 3.60. The van der Waals surface area contributed by atoms with Gasteiger partial charge < -0.3 is 14.6 Å². The molecular formula is C5H8O3. The molecule has 0 saturated carbocycles. The van der Waals surface area contributed by atoms with Gasteiger partial charge in [0.25, 0.3) is 0 Å². The molecule has 1 heterocycles. The lowest BCUT2D eigenvalue weighted by molar-refractivity contribution is -0.134. The molecule has 0 saturated heterocycles. The number of hydrogen-bond acceptors (Lipinski definition) is 3. The van der Waals surface area contributed by atoms with Gasteiger partial charge in [-0.3, -0.25) is 0 Å². The van der Waals surface area contributed by atoms with Crippen LogP contribution < -0.4 is 0 Å². The van der Waals surface area contributed by atoms with Crippen LogP contribution in [0, 0.1) is 0 Å². The summed E-state index contributed by atoms with van der Waals surface area (Å²) >= 11 is 0. The smallest absolute Gasteiger partial charge is 0.316 e. The fourth-order valence-electron chi connectivity index (χ4n) is 0.492. The summed E-state index contributed by atoms with van der Waals surface area (Å²) in [5.74, 6) is -0.834. The van der Waals surface area contributed by atoms with E-state index in [9.17, 15) is 0 Å². The van der Waals surface area contributed by atoms with Gasteiger partial charge in [0.05, 0.1) is 0 Å². The van der Waals surface area contributed by atoms with Crippen molar-refractivity contribution < 1.29 is 14.6 Å². The van der Waals surface area contributed by atoms with Crippen molar-refractivity contribution in [2.75, 3.05) is 0 Å². The summed E-state index contributed by atoms with van der Waals surface area (Å²) in [6.07, 6.45) is 1.18. The lowest BCUT2D eigenvalue weighted by Crippen LogP contribution is -2.19. The molecule has 0 fully saturated rings. The van der Waals surface area contributed by atoms with Gasteiger partial charge in [-0.25, -0.2) is 0 Å². The van der Waals surface area contributed by atoms with Crippen LogP contribution >= 0.6 is 0 Å². The second-order valence-electron chi connectivity index (χ2n) is 2.08. The van der Waals surface area contributed by atoms with E-state index in [1.165, 1.54) is 6.26 Å². The highest BCUT2D eigenvalue weighted by Gasteiger charge is 2.26. The summed E-state index contributed by atoms with van der Waals surface area (Å²) in [5.41, 5.74) is 0. The van der Waals surface area contributed by atoms with Crippen LogP contribution in [0.4, 0.5) is 0 Å². The highest BCUT2D eigenvalue weighted by atomic mass is 16.8. The van der Waals surface area contributed by atoms with Crippen LogP contribution in [-0.4, -0.2) is 10.9 Å². The van der Waals surface area contributed by atoms with Gasteiger partial charge in [0.1, 0.15) is 0 Å². The molecule has 1 aliphatic heterocycles. The van der Waals surface area contributed by atoms with Gasteiger partial charge in [0, 0.05) is 13.8 Å². The number of aliphatic hydroxyl groups is 1. The molecule has 0 unspecified atom stereocenters. The quantitative estimate of drug-likeness (QED) is 0.515. The molecule has 0 aromatic carbocycles. The minimum absolute atomic E-state index is 0.157. The third-order valence-corrected chi connectivity index (χ3v) is 0.794. The van der Waals surface area contributed by atoms with Gasteiger partial charge in [0.15, 0.2) is 6.26 Å². The first-order valence-electron chi connectivity index (χ1n) is 2.36. The zero-order valence-corrected chi connectivity index (χ0v) is 4.84. The Kier molecular flexibility index (Phi) is 0.863. The predicted octanol–water partition coefficient (Wildman–Crippen LogP) is 1.13. The van der Waals surface area contributed by atoms with E-state index in [4.69, 9.17) is 14.6 Å². The van der Waals surface area contributed by atoms with Crippen molar-refractivity contribution in [1.29, 1.82) is 0 Å². The van der Waals surface area contributed by atoms with Crippen LogP contribution in [0.2, 0.25) is 0 Å². The van der Waals surface area contributed by atoms with Gasteiger partial charge in [-0.05, 0) is 0 Å². The second kappa shape index (κ2) is 1.31. The van der Waals surface area contributed by atoms with Gasteiger partial charge >= 0.3 is 5.95 Å². The Bertz CT molecular complexity index is 126. The molecule has 1 rings (SSSR count). The summed E-state index contributed by atoms with van der Waals surface area (Å²) in [6, 6.07) is 0. The van der Waals surface area contributed by atoms with E-state index in [1.807, 2.05) is 0 Å². The van der Waals surface area contributed by atoms with Gasteiger partial charge in [-0.15, -0.1) is 0 Å². The molecule has 1 aliphatic rings. The maximum atomic E-state index is 8.58. The van der Waals surface area contributed by atoms with Crippen LogP contribution in [0.1, 0.15) is 13.8 Å². The molecule has 1 N–H and O–H groups in total. The van der Waals surface area contributed by atoms with Gasteiger partial charge in [-0.1, -0.05) is 0 Å². The molecule has 3 nitrogen and oxygen atoms in total. The van der Waals surface area contributed by atoms with E-state index in [0.717, 1.165) is 0 Å². The van der Waals surface area contributed by atoms with E-state index in [1.54, 1.807) is 13.8 Å². The van der Waals surface area contributed by atoms with Crippen LogP contribution in [-0.2, 0) is 9.47 Å². The van der Waals surface area contributed by atoms with Crippen molar-refractivity contribution in [3.8, 4) is 0 Å². The fraction of sp³-hybridized carbons (Fsp3) is 0.600. The van der Waals surface area contributed by atoms with Crippen molar-refractivity contribution in [3.63, 3.8) is 0 Å². The van der Waals surface area contributed by atoms with E-state index in [0.29, 0.717) is 0 Å². The zero-order valence-electron chi connectivity index (χ0n) is 4.84. The highest BCUT2D eigenvalue weighted by molar-refractivity contribution is 4.83. The standard InChI is InChI=1S/C5H8O3/c1-5(2)7-3-4(6)8-5/h3,6H,1-2H3. The molecule has 0 amide bonds. The van der Waals surface area contributed by atoms with Gasteiger partial charge in [0.2, 0.25) is 5.79 Å². The van der Waals surface area contributed by atoms with Crippen molar-refractivity contribution in [2.45, 2.75) is 19.6 Å². The van der Waals surface area contributed by atoms with E-state index in [-0.39, 0.29) is 5.95 Å². The zero-order chi connectivity index (χ0) is 6.20. The molecule has 8 heavy (non-hydrogen) atoms. The molecule has 0 aromatic heterocycles. The first-order valence-corrected chi connectivity index (χ1v) is 2.36. The Morgan fingerprint density at radius 1 is 1.62 bits per heavy atom. The number of hydrogen-bond donors (Lipinski definition) is 1. The topological polar surface area (TPSA) is 38.7 Å². The molecule has 0 aliphatic carbocycles. The number of rotatable bonds is 0. The first kappa shape index (κ1) is 5.28. The van der Waals surface area contributed by atoms with Crippen molar-refractivity contribution in [1.82, 2.24) is 0 Å². The van der Waals surface area contributed by atoms with Crippen LogP contribution in [0.15, 0.2) is 12.2 Å². The SMILES string of the molecule is CC1(C)OC=C(O)O1. The van der Waals surface area contributed by atoms with Gasteiger partial charge in [-0.2, -0.15) is 0 Å². The molecule has 0 bridgehead atoms. The Labute approximate surface area is 47.5 Å². The van der Waals surface area contributed by atoms with Crippen LogP contribution in [0.3, 0.4) is 0 Å². The summed E-state index contributed by atoms with van der Waals surface area (Å²) in [4.78, 5) is 0. The lowest BCUT2D eigenvalue weighted by Gasteiger charge is -2.15. The second-order valence-corrected chi connectivity index (χ2v) is 2.08. The van der Waals surface area contributed by atoms with Crippen molar-refractivity contribution >= 4 is 0 Å². The van der Waals surface area contributed by atoms with Crippen LogP contribution in [0.5, 0.6) is 0 Å². The molecule has 0 aromatic rings. The maximum absolute atomic E-state index is 8.58. The Balaban J connectivity index is 2.55. The normalized spacial score (nSPS) is 23.5. The van der Waals surface area contributed by atoms with E-state index in [2.05, 4.69) is 0 Å². The molecule has 0 spiro atoms. The average Bonchev–Trinajstić information content (AvgIpc) is 1.82. The van der Waals surface area contributed by atoms with Crippen molar-refractivity contribution in [3.05, 3.63) is 12.2 Å². The highest BCUT2D eigenvalue weighted by Crippen LogP contribution is 2.21. The molecular weight excluding hydrogens is 108 g/mol. The average molecular weight is 116 g/mol. The van der Waals surface area contributed by atoms with Crippen LogP contribution in [0.25, 0.3) is 0 Å². The maximum Gasteiger partial charge on any atom is 0.316 e. The molecule has 3 heteroatoms.